The molecule has 1 aliphatic heterocycles. The number of thioether (sulfide) groups is 1. The molecule has 116 valence electrons. The van der Waals surface area contributed by atoms with Gasteiger partial charge in [-0.05, 0) is 18.6 Å². The molecule has 0 aromatic heterocycles. The van der Waals surface area contributed by atoms with Crippen molar-refractivity contribution >= 4 is 11.8 Å². The summed E-state index contributed by atoms with van der Waals surface area (Å²) in [4.78, 5) is 1.78. The average molecular weight is 319 g/mol. The average Bonchev–Trinajstić information content (AvgIpc) is 2.68. The van der Waals surface area contributed by atoms with Crippen LogP contribution in [0.3, 0.4) is 0 Å². The molecule has 21 heavy (non-hydrogen) atoms. The van der Waals surface area contributed by atoms with Crippen LogP contribution in [-0.4, -0.2) is 28.7 Å². The van der Waals surface area contributed by atoms with Crippen LogP contribution in [-0.2, 0) is 5.72 Å². The standard InChI is InChI=1S/C14H16F3NO2S/c1-3-8-18-10(2)21-9-13(18,19)11-4-6-12(7-5-11)20-14(15,16)17/h4-7,19H,2-3,8-9H2,1H3. The summed E-state index contributed by atoms with van der Waals surface area (Å²) in [6, 6.07) is 5.30. The Kier molecular flexibility index (Phi) is 4.43. The lowest BCUT2D eigenvalue weighted by molar-refractivity contribution is -0.274. The van der Waals surface area contributed by atoms with Crippen LogP contribution in [0.4, 0.5) is 13.2 Å². The summed E-state index contributed by atoms with van der Waals surface area (Å²) in [7, 11) is 0. The van der Waals surface area contributed by atoms with Gasteiger partial charge in [-0.1, -0.05) is 25.6 Å². The lowest BCUT2D eigenvalue weighted by atomic mass is 10.0. The zero-order valence-electron chi connectivity index (χ0n) is 11.5. The van der Waals surface area contributed by atoms with E-state index in [4.69, 9.17) is 0 Å². The lowest BCUT2D eigenvalue weighted by Gasteiger charge is -2.35. The number of nitrogens with zero attached hydrogens (tertiary/aromatic N) is 1. The highest BCUT2D eigenvalue weighted by Crippen LogP contribution is 2.43. The fourth-order valence-electron chi connectivity index (χ4n) is 2.24. The molecular formula is C14H16F3NO2S. The van der Waals surface area contributed by atoms with Crippen LogP contribution in [0.25, 0.3) is 0 Å². The van der Waals surface area contributed by atoms with Crippen molar-refractivity contribution in [2.24, 2.45) is 0 Å². The number of hydrogen-bond acceptors (Lipinski definition) is 4. The Hall–Kier alpha value is -1.34. The summed E-state index contributed by atoms with van der Waals surface area (Å²) in [6.45, 7) is 6.51. The number of alkyl halides is 3. The summed E-state index contributed by atoms with van der Waals surface area (Å²) in [5, 5.41) is 11.6. The minimum atomic E-state index is -4.72. The van der Waals surface area contributed by atoms with E-state index in [0.29, 0.717) is 17.9 Å². The van der Waals surface area contributed by atoms with E-state index in [-0.39, 0.29) is 5.75 Å². The third-order valence-corrected chi connectivity index (χ3v) is 4.29. The van der Waals surface area contributed by atoms with E-state index in [9.17, 15) is 18.3 Å². The molecule has 0 bridgehead atoms. The van der Waals surface area contributed by atoms with E-state index in [0.717, 1.165) is 11.4 Å². The van der Waals surface area contributed by atoms with Crippen LogP contribution < -0.4 is 4.74 Å². The van der Waals surface area contributed by atoms with Crippen LogP contribution in [0.2, 0.25) is 0 Å². The number of rotatable bonds is 4. The maximum Gasteiger partial charge on any atom is 0.573 e. The first-order chi connectivity index (χ1) is 9.76. The van der Waals surface area contributed by atoms with E-state index < -0.39 is 12.1 Å². The molecule has 1 heterocycles. The van der Waals surface area contributed by atoms with Gasteiger partial charge in [-0.2, -0.15) is 0 Å². The zero-order valence-corrected chi connectivity index (χ0v) is 12.3. The molecule has 3 nitrogen and oxygen atoms in total. The van der Waals surface area contributed by atoms with Gasteiger partial charge in [-0.3, -0.25) is 0 Å². The second-order valence-corrected chi connectivity index (χ2v) is 5.77. The first kappa shape index (κ1) is 16.0. The Morgan fingerprint density at radius 2 is 2.00 bits per heavy atom. The molecule has 1 aromatic carbocycles. The first-order valence-corrected chi connectivity index (χ1v) is 7.43. The van der Waals surface area contributed by atoms with Gasteiger partial charge in [0, 0.05) is 12.1 Å². The molecule has 2 rings (SSSR count). The maximum atomic E-state index is 12.1. The van der Waals surface area contributed by atoms with Crippen LogP contribution in [0, 0.1) is 0 Å². The normalized spacial score (nSPS) is 22.7. The van der Waals surface area contributed by atoms with Gasteiger partial charge >= 0.3 is 6.36 Å². The fraction of sp³-hybridized carbons (Fsp3) is 0.429. The van der Waals surface area contributed by atoms with Crippen molar-refractivity contribution in [1.29, 1.82) is 0 Å². The smallest absolute Gasteiger partial charge is 0.406 e. The van der Waals surface area contributed by atoms with Gasteiger partial charge in [0.15, 0.2) is 5.72 Å². The van der Waals surface area contributed by atoms with Gasteiger partial charge in [-0.25, -0.2) is 0 Å². The molecular weight excluding hydrogens is 303 g/mol. The van der Waals surface area contributed by atoms with Crippen molar-refractivity contribution in [3.8, 4) is 5.75 Å². The molecule has 7 heteroatoms. The summed E-state index contributed by atoms with van der Waals surface area (Å²) in [6.07, 6.45) is -3.89. The van der Waals surface area contributed by atoms with Crippen LogP contribution in [0.15, 0.2) is 35.9 Å². The summed E-state index contributed by atoms with van der Waals surface area (Å²) < 4.78 is 40.2. The van der Waals surface area contributed by atoms with Crippen molar-refractivity contribution in [2.45, 2.75) is 25.4 Å². The highest BCUT2D eigenvalue weighted by molar-refractivity contribution is 8.03. The molecule has 1 aliphatic rings. The zero-order chi connectivity index (χ0) is 15.7. The number of benzene rings is 1. The molecule has 0 spiro atoms. The van der Waals surface area contributed by atoms with Crippen molar-refractivity contribution in [2.75, 3.05) is 12.3 Å². The van der Waals surface area contributed by atoms with Gasteiger partial charge in [0.1, 0.15) is 5.75 Å². The number of ether oxygens (including phenoxy) is 1. The molecule has 0 radical (unpaired) electrons. The summed E-state index contributed by atoms with van der Waals surface area (Å²) >= 11 is 1.43. The van der Waals surface area contributed by atoms with Crippen molar-refractivity contribution in [3.05, 3.63) is 41.4 Å². The fourth-order valence-corrected chi connectivity index (χ4v) is 3.33. The topological polar surface area (TPSA) is 32.7 Å². The Bertz CT molecular complexity index is 518. The van der Waals surface area contributed by atoms with Gasteiger partial charge < -0.3 is 14.7 Å². The lowest BCUT2D eigenvalue weighted by Crippen LogP contribution is -2.42. The first-order valence-electron chi connectivity index (χ1n) is 6.44. The minimum absolute atomic E-state index is 0.304. The largest absolute Gasteiger partial charge is 0.573 e. The molecule has 1 fully saturated rings. The number of hydrogen-bond donors (Lipinski definition) is 1. The SMILES string of the molecule is C=C1SCC(O)(c2ccc(OC(F)(F)F)cc2)N1CCC. The number of halogens is 3. The van der Waals surface area contributed by atoms with Crippen molar-refractivity contribution < 1.29 is 23.0 Å². The van der Waals surface area contributed by atoms with Gasteiger partial charge in [0.2, 0.25) is 0 Å². The van der Waals surface area contributed by atoms with E-state index in [1.165, 1.54) is 36.0 Å². The summed E-state index contributed by atoms with van der Waals surface area (Å²) in [5.41, 5.74) is -0.717. The molecule has 0 amide bonds. The molecule has 1 saturated heterocycles. The Labute approximate surface area is 125 Å². The molecule has 0 saturated carbocycles. The van der Waals surface area contributed by atoms with Crippen molar-refractivity contribution in [3.63, 3.8) is 0 Å². The Morgan fingerprint density at radius 1 is 1.38 bits per heavy atom. The van der Waals surface area contributed by atoms with E-state index in [1.807, 2.05) is 6.92 Å². The second-order valence-electron chi connectivity index (χ2n) is 4.72. The molecule has 1 unspecified atom stereocenters. The van der Waals surface area contributed by atoms with Crippen LogP contribution in [0.5, 0.6) is 5.75 Å². The van der Waals surface area contributed by atoms with Crippen LogP contribution in [0.1, 0.15) is 18.9 Å². The minimum Gasteiger partial charge on any atom is -0.406 e. The number of aliphatic hydroxyl groups is 1. The highest BCUT2D eigenvalue weighted by Gasteiger charge is 2.42. The van der Waals surface area contributed by atoms with Crippen LogP contribution >= 0.6 is 11.8 Å². The third-order valence-electron chi connectivity index (χ3n) is 3.19. The third kappa shape index (κ3) is 3.47. The predicted molar refractivity (Wildman–Crippen MR) is 75.6 cm³/mol. The quantitative estimate of drug-likeness (QED) is 0.918. The maximum absolute atomic E-state index is 12.1. The Balaban J connectivity index is 2.23. The predicted octanol–water partition coefficient (Wildman–Crippen LogP) is 3.66. The van der Waals surface area contributed by atoms with Gasteiger partial charge in [0.05, 0.1) is 10.8 Å². The molecule has 0 aliphatic carbocycles. The van der Waals surface area contributed by atoms with Gasteiger partial charge in [-0.15, -0.1) is 24.9 Å². The van der Waals surface area contributed by atoms with Gasteiger partial charge in [0.25, 0.3) is 0 Å². The van der Waals surface area contributed by atoms with E-state index in [2.05, 4.69) is 11.3 Å². The van der Waals surface area contributed by atoms with E-state index in [1.54, 1.807) is 4.90 Å². The van der Waals surface area contributed by atoms with Crippen molar-refractivity contribution in [1.82, 2.24) is 4.90 Å². The molecule has 1 aromatic rings. The molecule has 1 N–H and O–H groups in total. The summed E-state index contributed by atoms with van der Waals surface area (Å²) in [5.74, 6) is 0.0899. The second kappa shape index (κ2) is 5.81. The Morgan fingerprint density at radius 3 is 2.52 bits per heavy atom. The molecule has 1 atom stereocenters. The highest BCUT2D eigenvalue weighted by atomic mass is 32.2. The van der Waals surface area contributed by atoms with E-state index >= 15 is 0 Å². The monoisotopic (exact) mass is 319 g/mol.